The van der Waals surface area contributed by atoms with Gasteiger partial charge in [0.2, 0.25) is 0 Å². The van der Waals surface area contributed by atoms with E-state index in [2.05, 4.69) is 15.9 Å². The lowest BCUT2D eigenvalue weighted by Gasteiger charge is -2.40. The maximum Gasteiger partial charge on any atom is 0.0686 e. The fourth-order valence-electron chi connectivity index (χ4n) is 2.97. The molecule has 0 N–H and O–H groups in total. The fourth-order valence-corrected chi connectivity index (χ4v) is 3.43. The van der Waals surface area contributed by atoms with Crippen LogP contribution < -0.4 is 0 Å². The summed E-state index contributed by atoms with van der Waals surface area (Å²) in [6.45, 7) is 0. The SMILES string of the molecule is BrCC1CCCC2(CCCCCC2)O1. The zero-order valence-corrected chi connectivity index (χ0v) is 10.5. The molecule has 0 radical (unpaired) electrons. The summed E-state index contributed by atoms with van der Waals surface area (Å²) in [5, 5.41) is 1.02. The minimum absolute atomic E-state index is 0.285. The molecule has 2 fully saturated rings. The van der Waals surface area contributed by atoms with Crippen LogP contribution in [0.1, 0.15) is 57.8 Å². The highest BCUT2D eigenvalue weighted by molar-refractivity contribution is 9.09. The van der Waals surface area contributed by atoms with Crippen LogP contribution in [-0.2, 0) is 4.74 Å². The van der Waals surface area contributed by atoms with Crippen molar-refractivity contribution in [2.75, 3.05) is 5.33 Å². The number of ether oxygens (including phenoxy) is 1. The van der Waals surface area contributed by atoms with Crippen molar-refractivity contribution in [3.8, 4) is 0 Å². The zero-order valence-electron chi connectivity index (χ0n) is 8.93. The van der Waals surface area contributed by atoms with E-state index in [-0.39, 0.29) is 5.60 Å². The van der Waals surface area contributed by atoms with E-state index < -0.39 is 0 Å². The lowest BCUT2D eigenvalue weighted by molar-refractivity contribution is -0.126. The van der Waals surface area contributed by atoms with Gasteiger partial charge in [-0.3, -0.25) is 0 Å². The summed E-state index contributed by atoms with van der Waals surface area (Å²) in [6.07, 6.45) is 12.7. The van der Waals surface area contributed by atoms with E-state index in [9.17, 15) is 0 Å². The Morgan fingerprint density at radius 3 is 2.29 bits per heavy atom. The minimum Gasteiger partial charge on any atom is -0.371 e. The first-order valence-electron chi connectivity index (χ1n) is 6.08. The van der Waals surface area contributed by atoms with Crippen molar-refractivity contribution >= 4 is 15.9 Å². The smallest absolute Gasteiger partial charge is 0.0686 e. The topological polar surface area (TPSA) is 9.23 Å². The third kappa shape index (κ3) is 2.52. The molecule has 2 heteroatoms. The van der Waals surface area contributed by atoms with E-state index in [4.69, 9.17) is 4.74 Å². The molecule has 0 aromatic heterocycles. The molecule has 1 nitrogen and oxygen atoms in total. The molecule has 1 heterocycles. The van der Waals surface area contributed by atoms with Crippen molar-refractivity contribution in [3.05, 3.63) is 0 Å². The number of hydrogen-bond acceptors (Lipinski definition) is 1. The van der Waals surface area contributed by atoms with Crippen molar-refractivity contribution in [1.82, 2.24) is 0 Å². The molecule has 0 amide bonds. The largest absolute Gasteiger partial charge is 0.371 e. The summed E-state index contributed by atoms with van der Waals surface area (Å²) in [5.41, 5.74) is 0.285. The van der Waals surface area contributed by atoms with Gasteiger partial charge in [0.25, 0.3) is 0 Å². The molecule has 1 unspecified atom stereocenters. The van der Waals surface area contributed by atoms with Crippen LogP contribution in [0.2, 0.25) is 0 Å². The Hall–Kier alpha value is 0.440. The molecule has 2 aliphatic rings. The number of hydrogen-bond donors (Lipinski definition) is 0. The van der Waals surface area contributed by atoms with Gasteiger partial charge in [0.15, 0.2) is 0 Å². The second kappa shape index (κ2) is 4.98. The number of halogens is 1. The Labute approximate surface area is 95.7 Å². The summed E-state index contributed by atoms with van der Waals surface area (Å²) in [5.74, 6) is 0. The van der Waals surface area contributed by atoms with E-state index in [1.165, 1.54) is 57.8 Å². The van der Waals surface area contributed by atoms with Crippen LogP contribution in [0.3, 0.4) is 0 Å². The molecule has 1 aliphatic heterocycles. The van der Waals surface area contributed by atoms with Crippen molar-refractivity contribution in [1.29, 1.82) is 0 Å². The standard InChI is InChI=1S/C12H21BrO/c13-10-11-6-5-9-12(14-11)7-3-1-2-4-8-12/h11H,1-10H2. The third-order valence-corrected chi connectivity index (χ3v) is 4.48. The van der Waals surface area contributed by atoms with Gasteiger partial charge >= 0.3 is 0 Å². The van der Waals surface area contributed by atoms with Gasteiger partial charge in [0.05, 0.1) is 11.7 Å². The van der Waals surface area contributed by atoms with Gasteiger partial charge in [0, 0.05) is 5.33 Å². The predicted molar refractivity (Wildman–Crippen MR) is 63.0 cm³/mol. The molecule has 0 bridgehead atoms. The van der Waals surface area contributed by atoms with Crippen LogP contribution in [-0.4, -0.2) is 17.0 Å². The van der Waals surface area contributed by atoms with Gasteiger partial charge in [-0.2, -0.15) is 0 Å². The summed E-state index contributed by atoms with van der Waals surface area (Å²) in [6, 6.07) is 0. The number of rotatable bonds is 1. The number of alkyl halides is 1. The molecule has 1 spiro atoms. The highest BCUT2D eigenvalue weighted by Gasteiger charge is 2.36. The van der Waals surface area contributed by atoms with E-state index >= 15 is 0 Å². The third-order valence-electron chi connectivity index (χ3n) is 3.76. The van der Waals surface area contributed by atoms with Gasteiger partial charge in [-0.25, -0.2) is 0 Å². The maximum absolute atomic E-state index is 6.30. The molecule has 0 aromatic rings. The first-order valence-corrected chi connectivity index (χ1v) is 7.21. The van der Waals surface area contributed by atoms with Crippen LogP contribution in [0, 0.1) is 0 Å². The fraction of sp³-hybridized carbons (Fsp3) is 1.00. The average Bonchev–Trinajstić information content (AvgIpc) is 2.44. The highest BCUT2D eigenvalue weighted by Crippen LogP contribution is 2.39. The lowest BCUT2D eigenvalue weighted by atomic mass is 9.85. The van der Waals surface area contributed by atoms with Gasteiger partial charge in [-0.15, -0.1) is 0 Å². The van der Waals surface area contributed by atoms with Crippen LogP contribution in [0.5, 0.6) is 0 Å². The second-order valence-electron chi connectivity index (χ2n) is 4.88. The average molecular weight is 261 g/mol. The van der Waals surface area contributed by atoms with E-state index in [1.54, 1.807) is 0 Å². The summed E-state index contributed by atoms with van der Waals surface area (Å²) >= 11 is 3.56. The van der Waals surface area contributed by atoms with Crippen LogP contribution >= 0.6 is 15.9 Å². The monoisotopic (exact) mass is 260 g/mol. The summed E-state index contributed by atoms with van der Waals surface area (Å²) in [4.78, 5) is 0. The molecule has 2 rings (SSSR count). The molecular weight excluding hydrogens is 240 g/mol. The molecule has 0 aromatic carbocycles. The minimum atomic E-state index is 0.285. The Kier molecular flexibility index (Phi) is 3.89. The zero-order chi connectivity index (χ0) is 9.86. The van der Waals surface area contributed by atoms with Crippen molar-refractivity contribution < 1.29 is 4.74 Å². The molecule has 1 atom stereocenters. The molecular formula is C12H21BrO. The first-order chi connectivity index (χ1) is 6.85. The molecule has 14 heavy (non-hydrogen) atoms. The quantitative estimate of drug-likeness (QED) is 0.647. The van der Waals surface area contributed by atoms with Crippen LogP contribution in [0.4, 0.5) is 0 Å². The maximum atomic E-state index is 6.30. The van der Waals surface area contributed by atoms with E-state index in [0.29, 0.717) is 6.10 Å². The van der Waals surface area contributed by atoms with Gasteiger partial charge in [-0.1, -0.05) is 41.6 Å². The Morgan fingerprint density at radius 2 is 1.64 bits per heavy atom. The lowest BCUT2D eigenvalue weighted by Crippen LogP contribution is -2.40. The van der Waals surface area contributed by atoms with E-state index in [0.717, 1.165) is 5.33 Å². The van der Waals surface area contributed by atoms with Crippen molar-refractivity contribution in [2.24, 2.45) is 0 Å². The van der Waals surface area contributed by atoms with E-state index in [1.807, 2.05) is 0 Å². The molecule has 1 saturated heterocycles. The van der Waals surface area contributed by atoms with Gasteiger partial charge in [0.1, 0.15) is 0 Å². The van der Waals surface area contributed by atoms with Crippen molar-refractivity contribution in [2.45, 2.75) is 69.5 Å². The van der Waals surface area contributed by atoms with Crippen molar-refractivity contribution in [3.63, 3.8) is 0 Å². The van der Waals surface area contributed by atoms with Crippen LogP contribution in [0.15, 0.2) is 0 Å². The van der Waals surface area contributed by atoms with Gasteiger partial charge < -0.3 is 4.74 Å². The molecule has 1 aliphatic carbocycles. The normalized spacial score (nSPS) is 32.8. The Bertz CT molecular complexity index is 173. The highest BCUT2D eigenvalue weighted by atomic mass is 79.9. The molecule has 82 valence electrons. The van der Waals surface area contributed by atoms with Gasteiger partial charge in [-0.05, 0) is 32.1 Å². The Morgan fingerprint density at radius 1 is 1.00 bits per heavy atom. The Balaban J connectivity index is 1.97. The summed E-state index contributed by atoms with van der Waals surface area (Å²) < 4.78 is 6.30. The predicted octanol–water partition coefficient (Wildman–Crippen LogP) is 4.04. The second-order valence-corrected chi connectivity index (χ2v) is 5.53. The summed E-state index contributed by atoms with van der Waals surface area (Å²) in [7, 11) is 0. The van der Waals surface area contributed by atoms with Crippen LogP contribution in [0.25, 0.3) is 0 Å². The first kappa shape index (κ1) is 10.9. The molecule has 1 saturated carbocycles.